The molecule has 288 valence electrons. The van der Waals surface area contributed by atoms with E-state index in [-0.39, 0.29) is 0 Å². The van der Waals surface area contributed by atoms with Crippen LogP contribution in [0, 0.1) is 0 Å². The minimum atomic E-state index is -9.05. The number of carbonyl (C=O) groups excluding carboxylic acids is 1. The topological polar surface area (TPSA) is 34.9 Å². The molecule has 0 N–H and O–H groups in total. The van der Waals surface area contributed by atoms with Gasteiger partial charge in [0.05, 0.1) is 0 Å². The molecule has 0 aliphatic heterocycles. The van der Waals surface area contributed by atoms with Crippen LogP contribution in [0.5, 0.6) is 0 Å². The second kappa shape index (κ2) is 10.9. The molecule has 49 heavy (non-hydrogen) atoms. The Balaban J connectivity index is 4.26. The predicted molar refractivity (Wildman–Crippen MR) is 88.4 cm³/mol. The van der Waals surface area contributed by atoms with E-state index < -0.39 is 106 Å². The Hall–Kier alpha value is -3.15. The lowest BCUT2D eigenvalue weighted by molar-refractivity contribution is -0.442. The normalized spacial score (nSPS) is 16.3. The highest BCUT2D eigenvalue weighted by molar-refractivity contribution is 5.84. The maximum absolute atomic E-state index is 14.5. The lowest BCUT2D eigenvalue weighted by atomic mass is 9.91. The Bertz CT molecular complexity index is 1400. The molecule has 0 saturated heterocycles. The third-order valence-electron chi connectivity index (χ3n) is 5.65. The summed E-state index contributed by atoms with van der Waals surface area (Å²) in [5.41, 5.74) is -9.20. The molecule has 0 aliphatic rings. The fraction of sp³-hybridized carbons (Fsp3) is 0.765. The van der Waals surface area contributed by atoms with Gasteiger partial charge in [0.15, 0.2) is 0 Å². The van der Waals surface area contributed by atoms with Crippen molar-refractivity contribution >= 4 is 5.91 Å². The van der Waals surface area contributed by atoms with Crippen LogP contribution < -0.4 is 0 Å². The van der Waals surface area contributed by atoms with Gasteiger partial charge < -0.3 is 0 Å². The van der Waals surface area contributed by atoms with Crippen molar-refractivity contribution in [1.29, 1.82) is 0 Å². The zero-order chi connectivity index (χ0) is 40.2. The summed E-state index contributed by atoms with van der Waals surface area (Å²) in [6.45, 7) is 0. The van der Waals surface area contributed by atoms with Gasteiger partial charge in [0.2, 0.25) is 0 Å². The number of rotatable bonds is 10. The summed E-state index contributed by atoms with van der Waals surface area (Å²) >= 11 is 0. The van der Waals surface area contributed by atoms with Crippen molar-refractivity contribution < 1.29 is 132 Å². The summed E-state index contributed by atoms with van der Waals surface area (Å²) < 4.78 is 382. The highest BCUT2D eigenvalue weighted by Crippen LogP contribution is 2.64. The molecule has 1 aromatic heterocycles. The number of nitrogens with zero attached hydrogens (tertiary/aromatic N) is 2. The van der Waals surface area contributed by atoms with Gasteiger partial charge in [-0.15, -0.1) is 0 Å². The summed E-state index contributed by atoms with van der Waals surface area (Å²) in [6.07, 6.45) is -23.4. The highest BCUT2D eigenvalue weighted by atomic mass is 19.4. The van der Waals surface area contributed by atoms with Crippen molar-refractivity contribution in [3.63, 3.8) is 0 Å². The minimum Gasteiger partial charge on any atom is -0.262 e. The van der Waals surface area contributed by atoms with E-state index in [4.69, 9.17) is 0 Å². The zero-order valence-corrected chi connectivity index (χ0v) is 20.8. The van der Waals surface area contributed by atoms with Crippen LogP contribution in [0.3, 0.4) is 0 Å². The molecule has 0 saturated carbocycles. The van der Waals surface area contributed by atoms with Crippen LogP contribution in [-0.2, 0) is 11.8 Å². The molecular formula is C17HF29N2O. The number of hydrogen-bond donors (Lipinski definition) is 0. The van der Waals surface area contributed by atoms with Crippen LogP contribution in [0.25, 0.3) is 0 Å². The van der Waals surface area contributed by atoms with Crippen LogP contribution in [0.15, 0.2) is 6.07 Å². The van der Waals surface area contributed by atoms with Crippen molar-refractivity contribution in [2.75, 3.05) is 0 Å². The van der Waals surface area contributed by atoms with Crippen LogP contribution in [0.2, 0.25) is 0 Å². The van der Waals surface area contributed by atoms with Crippen molar-refractivity contribution in [3.8, 4) is 0 Å². The molecule has 32 heteroatoms. The maximum Gasteiger partial charge on any atom is 0.473 e. The fourth-order valence-electron chi connectivity index (χ4n) is 2.89. The van der Waals surface area contributed by atoms with E-state index in [1.165, 1.54) is 0 Å². The fourth-order valence-corrected chi connectivity index (χ4v) is 2.89. The molecule has 0 amide bonds. The van der Waals surface area contributed by atoms with E-state index in [1.54, 1.807) is 0 Å². The molecule has 0 unspecified atom stereocenters. The number of aromatic nitrogens is 2. The van der Waals surface area contributed by atoms with Crippen LogP contribution in [-0.4, -0.2) is 81.6 Å². The summed E-state index contributed by atoms with van der Waals surface area (Å²) in [6, 6.07) is -2.61. The molecule has 0 radical (unpaired) electrons. The van der Waals surface area contributed by atoms with Crippen molar-refractivity contribution in [2.24, 2.45) is 0 Å². The first kappa shape index (κ1) is 43.9. The number of alkyl halides is 29. The largest absolute Gasteiger partial charge is 0.473 e. The molecule has 1 heterocycles. The Morgan fingerprint density at radius 1 is 0.408 bits per heavy atom. The third kappa shape index (κ3) is 5.64. The molecule has 1 aromatic rings. The number of halogens is 29. The molecule has 0 aromatic carbocycles. The average molecular weight is 800 g/mol. The van der Waals surface area contributed by atoms with E-state index in [2.05, 4.69) is 0 Å². The van der Waals surface area contributed by atoms with Gasteiger partial charge in [-0.05, 0) is 6.07 Å². The summed E-state index contributed by atoms with van der Waals surface area (Å²) in [5, 5.41) is 0.888. The summed E-state index contributed by atoms with van der Waals surface area (Å²) in [7, 11) is 0. The van der Waals surface area contributed by atoms with Gasteiger partial charge in [-0.1, -0.05) is 0 Å². The molecule has 0 bridgehead atoms. The van der Waals surface area contributed by atoms with Gasteiger partial charge in [-0.25, -0.2) is 0 Å². The van der Waals surface area contributed by atoms with Crippen LogP contribution in [0.4, 0.5) is 127 Å². The van der Waals surface area contributed by atoms with Gasteiger partial charge in [0.1, 0.15) is 11.4 Å². The van der Waals surface area contributed by atoms with Gasteiger partial charge in [-0.2, -0.15) is 137 Å². The smallest absolute Gasteiger partial charge is 0.262 e. The van der Waals surface area contributed by atoms with Gasteiger partial charge >= 0.3 is 83.7 Å². The molecule has 0 atom stereocenters. The molecular weight excluding hydrogens is 799 g/mol. The minimum absolute atomic E-state index is 0.888. The van der Waals surface area contributed by atoms with E-state index in [0.717, 1.165) is 5.10 Å². The van der Waals surface area contributed by atoms with E-state index >= 15 is 0 Å². The SMILES string of the molecule is O=C(n1nc(C(F)(F)C(F)(F)C(F)(F)C(F)(F)C(F)(F)C(F)(F)F)cc1C(F)(F)C(F)(F)C(F)(F)C(F)(F)C(F)(F)C(F)(F)F)C(F)(F)F. The number of carbonyl (C=O) groups is 1. The second-order valence-electron chi connectivity index (χ2n) is 8.87. The van der Waals surface area contributed by atoms with E-state index in [1.807, 2.05) is 0 Å². The summed E-state index contributed by atoms with van der Waals surface area (Å²) in [5.74, 6) is -91.8. The van der Waals surface area contributed by atoms with Crippen molar-refractivity contribution in [3.05, 3.63) is 17.5 Å². The van der Waals surface area contributed by atoms with Crippen LogP contribution in [0.1, 0.15) is 16.2 Å². The van der Waals surface area contributed by atoms with Crippen LogP contribution >= 0.6 is 0 Å². The Morgan fingerprint density at radius 3 is 0.939 bits per heavy atom. The van der Waals surface area contributed by atoms with Crippen molar-refractivity contribution in [2.45, 2.75) is 77.8 Å². The first-order chi connectivity index (χ1) is 20.7. The highest BCUT2D eigenvalue weighted by Gasteiger charge is 2.93. The van der Waals surface area contributed by atoms with E-state index in [0.29, 0.717) is 0 Å². The van der Waals surface area contributed by atoms with Gasteiger partial charge in [0, 0.05) is 0 Å². The average Bonchev–Trinajstić information content (AvgIpc) is 3.32. The quantitative estimate of drug-likeness (QED) is 0.221. The summed E-state index contributed by atoms with van der Waals surface area (Å²) in [4.78, 5) is 11.3. The number of hydrogen-bond acceptors (Lipinski definition) is 2. The van der Waals surface area contributed by atoms with Crippen molar-refractivity contribution in [1.82, 2.24) is 9.78 Å². The predicted octanol–water partition coefficient (Wildman–Crippen LogP) is 9.48. The standard InChI is InChI=1S/C17HF29N2O/c18-5(19,8(25,26)10(29,30)12(33,34)14(37,38)16(41,42)43)2-1-3(48(47-2)4(49)7(22,23)24)6(20,21)9(27,28)11(31,32)13(35,36)15(39,40)17(44,45)46/h1H. The molecule has 0 spiro atoms. The maximum atomic E-state index is 14.5. The third-order valence-corrected chi connectivity index (χ3v) is 5.65. The monoisotopic (exact) mass is 800 g/mol. The van der Waals surface area contributed by atoms with Gasteiger partial charge in [-0.3, -0.25) is 4.79 Å². The lowest BCUT2D eigenvalue weighted by Crippen LogP contribution is -2.69. The first-order valence-electron chi connectivity index (χ1n) is 10.4. The second-order valence-corrected chi connectivity index (χ2v) is 8.87. The van der Waals surface area contributed by atoms with E-state index in [9.17, 15) is 132 Å². The first-order valence-corrected chi connectivity index (χ1v) is 10.4. The molecule has 1 rings (SSSR count). The lowest BCUT2D eigenvalue weighted by Gasteiger charge is -2.39. The Labute approximate surface area is 244 Å². The van der Waals surface area contributed by atoms with Gasteiger partial charge in [0.25, 0.3) is 0 Å². The zero-order valence-electron chi connectivity index (χ0n) is 20.8. The molecule has 0 fully saturated rings. The molecule has 0 aliphatic carbocycles. The Kier molecular flexibility index (Phi) is 9.78. The molecule has 3 nitrogen and oxygen atoms in total. The Morgan fingerprint density at radius 2 is 0.673 bits per heavy atom.